The lowest BCUT2D eigenvalue weighted by Gasteiger charge is -2.03. The Kier molecular flexibility index (Phi) is 3.51. The number of nitro groups is 1. The first-order valence-corrected chi connectivity index (χ1v) is 5.28. The second-order valence-corrected chi connectivity index (χ2v) is 3.64. The molecule has 2 N–H and O–H groups in total. The van der Waals surface area contributed by atoms with E-state index < -0.39 is 22.3 Å². The number of benzene rings is 1. The van der Waals surface area contributed by atoms with Crippen LogP contribution in [0, 0.1) is 15.9 Å². The molecule has 0 radical (unpaired) electrons. The van der Waals surface area contributed by atoms with Gasteiger partial charge in [-0.2, -0.15) is 4.39 Å². The van der Waals surface area contributed by atoms with E-state index >= 15 is 0 Å². The monoisotopic (exact) mass is 264 g/mol. The summed E-state index contributed by atoms with van der Waals surface area (Å²) in [5.41, 5.74) is -0.655. The molecule has 2 rings (SSSR count). The van der Waals surface area contributed by atoms with Gasteiger partial charge in [-0.05, 0) is 12.1 Å². The molecule has 8 heteroatoms. The van der Waals surface area contributed by atoms with Crippen molar-refractivity contribution in [2.45, 2.75) is 6.54 Å². The third-order valence-electron chi connectivity index (χ3n) is 2.38. The van der Waals surface area contributed by atoms with Gasteiger partial charge in [0.25, 0.3) is 5.91 Å². The number of H-pyrrole nitrogens is 1. The molecule has 0 unspecified atom stereocenters. The first-order valence-electron chi connectivity index (χ1n) is 5.28. The molecule has 0 spiro atoms. The van der Waals surface area contributed by atoms with Gasteiger partial charge in [0.2, 0.25) is 5.82 Å². The van der Waals surface area contributed by atoms with Gasteiger partial charge in [0.05, 0.1) is 11.5 Å². The molecule has 0 saturated heterocycles. The molecule has 0 aliphatic heterocycles. The van der Waals surface area contributed by atoms with Gasteiger partial charge in [0, 0.05) is 24.0 Å². The molecule has 0 bridgehead atoms. The number of hydrogen-bond donors (Lipinski definition) is 2. The topological polar surface area (TPSA) is 101 Å². The van der Waals surface area contributed by atoms with E-state index in [2.05, 4.69) is 15.3 Å². The van der Waals surface area contributed by atoms with Crippen LogP contribution in [0.5, 0.6) is 0 Å². The normalized spacial score (nSPS) is 10.2. The second-order valence-electron chi connectivity index (χ2n) is 3.64. The molecule has 0 atom stereocenters. The van der Waals surface area contributed by atoms with E-state index in [-0.39, 0.29) is 12.1 Å². The average Bonchev–Trinajstić information content (AvgIpc) is 2.88. The van der Waals surface area contributed by atoms with Gasteiger partial charge in [-0.3, -0.25) is 14.9 Å². The summed E-state index contributed by atoms with van der Waals surface area (Å²) in [7, 11) is 0. The van der Waals surface area contributed by atoms with Crippen molar-refractivity contribution in [3.05, 3.63) is 57.9 Å². The fourth-order valence-electron chi connectivity index (χ4n) is 1.46. The standard InChI is InChI=1S/C11H9FN4O3/c12-8-5-7(1-2-9(8)16(18)19)11(17)15-6-10-13-3-4-14-10/h1-5H,6H2,(H,13,14)(H,15,17). The summed E-state index contributed by atoms with van der Waals surface area (Å²) in [5.74, 6) is -1.03. The number of carbonyl (C=O) groups is 1. The Hall–Kier alpha value is -2.77. The average molecular weight is 264 g/mol. The maximum Gasteiger partial charge on any atom is 0.304 e. The number of aromatic nitrogens is 2. The Morgan fingerprint density at radius 2 is 2.32 bits per heavy atom. The zero-order valence-corrected chi connectivity index (χ0v) is 9.59. The molecule has 0 fully saturated rings. The Balaban J connectivity index is 2.07. The lowest BCUT2D eigenvalue weighted by Crippen LogP contribution is -2.23. The number of imidazole rings is 1. The number of carbonyl (C=O) groups excluding carboxylic acids is 1. The Labute approximate surface area is 106 Å². The molecule has 2 aromatic rings. The molecule has 1 heterocycles. The molecule has 0 saturated carbocycles. The van der Waals surface area contributed by atoms with Crippen LogP contribution in [0.2, 0.25) is 0 Å². The zero-order valence-electron chi connectivity index (χ0n) is 9.59. The van der Waals surface area contributed by atoms with Gasteiger partial charge >= 0.3 is 5.69 Å². The van der Waals surface area contributed by atoms with Crippen LogP contribution in [0.1, 0.15) is 16.2 Å². The van der Waals surface area contributed by atoms with Crippen molar-refractivity contribution in [2.24, 2.45) is 0 Å². The quantitative estimate of drug-likeness (QED) is 0.643. The van der Waals surface area contributed by atoms with Crippen LogP contribution in [0.4, 0.5) is 10.1 Å². The molecule has 0 aliphatic rings. The van der Waals surface area contributed by atoms with Crippen LogP contribution in [0.15, 0.2) is 30.6 Å². The van der Waals surface area contributed by atoms with E-state index in [1.807, 2.05) is 0 Å². The molecule has 98 valence electrons. The van der Waals surface area contributed by atoms with Crippen LogP contribution in [-0.2, 0) is 6.54 Å². The smallest absolute Gasteiger partial charge is 0.304 e. The van der Waals surface area contributed by atoms with Crippen LogP contribution in [-0.4, -0.2) is 20.8 Å². The van der Waals surface area contributed by atoms with Crippen molar-refractivity contribution in [1.82, 2.24) is 15.3 Å². The summed E-state index contributed by atoms with van der Waals surface area (Å²) in [6.07, 6.45) is 3.14. The third-order valence-corrected chi connectivity index (χ3v) is 2.38. The minimum absolute atomic E-state index is 0.00894. The number of rotatable bonds is 4. The lowest BCUT2D eigenvalue weighted by atomic mass is 10.2. The molecule has 7 nitrogen and oxygen atoms in total. The van der Waals surface area contributed by atoms with Crippen LogP contribution < -0.4 is 5.32 Å². The van der Waals surface area contributed by atoms with Crippen molar-refractivity contribution in [1.29, 1.82) is 0 Å². The Morgan fingerprint density at radius 1 is 1.53 bits per heavy atom. The van der Waals surface area contributed by atoms with Gasteiger partial charge in [-0.1, -0.05) is 0 Å². The zero-order chi connectivity index (χ0) is 13.8. The Morgan fingerprint density at radius 3 is 2.89 bits per heavy atom. The fraction of sp³-hybridized carbons (Fsp3) is 0.0909. The summed E-state index contributed by atoms with van der Waals surface area (Å²) in [5, 5.41) is 12.9. The minimum Gasteiger partial charge on any atom is -0.347 e. The van der Waals surface area contributed by atoms with Crippen molar-refractivity contribution < 1.29 is 14.1 Å². The SMILES string of the molecule is O=C(NCc1ncc[nH]1)c1ccc([N+](=O)[O-])c(F)c1. The van der Waals surface area contributed by atoms with Crippen LogP contribution in [0.3, 0.4) is 0 Å². The highest BCUT2D eigenvalue weighted by Crippen LogP contribution is 2.17. The second kappa shape index (κ2) is 5.25. The lowest BCUT2D eigenvalue weighted by molar-refractivity contribution is -0.387. The maximum absolute atomic E-state index is 13.3. The highest BCUT2D eigenvalue weighted by molar-refractivity contribution is 5.94. The predicted octanol–water partition coefficient (Wildman–Crippen LogP) is 1.39. The molecule has 19 heavy (non-hydrogen) atoms. The van der Waals surface area contributed by atoms with E-state index in [0.29, 0.717) is 5.82 Å². The van der Waals surface area contributed by atoms with Gasteiger partial charge < -0.3 is 10.3 Å². The number of nitrogens with zero attached hydrogens (tertiary/aromatic N) is 2. The van der Waals surface area contributed by atoms with Crippen molar-refractivity contribution >= 4 is 11.6 Å². The van der Waals surface area contributed by atoms with E-state index in [9.17, 15) is 19.3 Å². The van der Waals surface area contributed by atoms with E-state index in [1.54, 1.807) is 6.20 Å². The highest BCUT2D eigenvalue weighted by Gasteiger charge is 2.16. The largest absolute Gasteiger partial charge is 0.347 e. The number of amides is 1. The number of nitrogens with one attached hydrogen (secondary N) is 2. The fourth-order valence-corrected chi connectivity index (χ4v) is 1.46. The summed E-state index contributed by atoms with van der Waals surface area (Å²) < 4.78 is 13.3. The van der Waals surface area contributed by atoms with Gasteiger partial charge in [0.1, 0.15) is 5.82 Å². The number of nitro benzene ring substituents is 1. The number of aromatic amines is 1. The third kappa shape index (κ3) is 2.92. The molecule has 1 aromatic carbocycles. The molecular weight excluding hydrogens is 255 g/mol. The van der Waals surface area contributed by atoms with Gasteiger partial charge in [-0.15, -0.1) is 0 Å². The summed E-state index contributed by atoms with van der Waals surface area (Å²) >= 11 is 0. The van der Waals surface area contributed by atoms with E-state index in [0.717, 1.165) is 12.1 Å². The Bertz CT molecular complexity index is 612. The molecule has 0 aliphatic carbocycles. The summed E-state index contributed by atoms with van der Waals surface area (Å²) in [6, 6.07) is 2.98. The number of hydrogen-bond acceptors (Lipinski definition) is 4. The first kappa shape index (κ1) is 12.7. The van der Waals surface area contributed by atoms with Crippen LogP contribution in [0.25, 0.3) is 0 Å². The van der Waals surface area contributed by atoms with E-state index in [4.69, 9.17) is 0 Å². The molecular formula is C11H9FN4O3. The molecule has 1 amide bonds. The predicted molar refractivity (Wildman–Crippen MR) is 62.8 cm³/mol. The van der Waals surface area contributed by atoms with Gasteiger partial charge in [-0.25, -0.2) is 4.98 Å². The summed E-state index contributed by atoms with van der Waals surface area (Å²) in [6.45, 7) is 0.157. The maximum atomic E-state index is 13.3. The van der Waals surface area contributed by atoms with Crippen molar-refractivity contribution in [3.63, 3.8) is 0 Å². The highest BCUT2D eigenvalue weighted by atomic mass is 19.1. The van der Waals surface area contributed by atoms with Crippen LogP contribution >= 0.6 is 0 Å². The van der Waals surface area contributed by atoms with Crippen molar-refractivity contribution in [3.8, 4) is 0 Å². The van der Waals surface area contributed by atoms with E-state index in [1.165, 1.54) is 12.3 Å². The summed E-state index contributed by atoms with van der Waals surface area (Å²) in [4.78, 5) is 28.0. The van der Waals surface area contributed by atoms with Crippen molar-refractivity contribution in [2.75, 3.05) is 0 Å². The number of halogens is 1. The molecule has 1 aromatic heterocycles. The minimum atomic E-state index is -1.05. The first-order chi connectivity index (χ1) is 9.08. The van der Waals surface area contributed by atoms with Gasteiger partial charge in [0.15, 0.2) is 0 Å².